The van der Waals surface area contributed by atoms with Gasteiger partial charge in [-0.05, 0) is 31.0 Å². The van der Waals surface area contributed by atoms with E-state index in [1.54, 1.807) is 0 Å². The van der Waals surface area contributed by atoms with Gasteiger partial charge in [0.1, 0.15) is 0 Å². The Labute approximate surface area is 120 Å². The second-order valence-electron chi connectivity index (χ2n) is 5.64. The fourth-order valence-electron chi connectivity index (χ4n) is 2.12. The van der Waals surface area contributed by atoms with E-state index < -0.39 is 0 Å². The smallest absolute Gasteiger partial charge is 0.0809 e. The lowest BCUT2D eigenvalue weighted by atomic mass is 10.1. The van der Waals surface area contributed by atoms with Gasteiger partial charge in [-0.3, -0.25) is 0 Å². The van der Waals surface area contributed by atoms with Crippen LogP contribution in [0, 0.1) is 11.8 Å². The molecule has 1 fully saturated rings. The number of thiophene rings is 1. The highest BCUT2D eigenvalue weighted by atomic mass is 32.1. The second-order valence-corrected chi connectivity index (χ2v) is 6.89. The molecule has 1 unspecified atom stereocenters. The molecule has 0 radical (unpaired) electrons. The Kier molecular flexibility index (Phi) is 6.31. The summed E-state index contributed by atoms with van der Waals surface area (Å²) in [6.45, 7) is 9.85. The Balaban J connectivity index is 1.62. The summed E-state index contributed by atoms with van der Waals surface area (Å²) in [7, 11) is 0. The Bertz CT molecular complexity index is 359. The highest BCUT2D eigenvalue weighted by molar-refractivity contribution is 7.11. The fraction of sp³-hybridized carbons (Fsp3) is 0.733. The van der Waals surface area contributed by atoms with Crippen LogP contribution in [0.3, 0.4) is 0 Å². The normalized spacial score (nSPS) is 19.4. The first kappa shape index (κ1) is 15.0. The largest absolute Gasteiger partial charge is 0.381 e. The molecular formula is C15H25NO2S. The van der Waals surface area contributed by atoms with Crippen molar-refractivity contribution >= 4 is 11.3 Å². The molecule has 0 aromatic carbocycles. The first-order valence-electron chi connectivity index (χ1n) is 7.18. The minimum absolute atomic E-state index is 0.604. The molecule has 1 N–H and O–H groups in total. The molecule has 0 aliphatic carbocycles. The van der Waals surface area contributed by atoms with Crippen LogP contribution in [0.1, 0.15) is 30.0 Å². The Hall–Kier alpha value is -0.420. The minimum atomic E-state index is 0.604. The third-order valence-corrected chi connectivity index (χ3v) is 4.25. The Morgan fingerprint density at radius 1 is 1.42 bits per heavy atom. The van der Waals surface area contributed by atoms with Gasteiger partial charge < -0.3 is 14.8 Å². The van der Waals surface area contributed by atoms with Gasteiger partial charge in [-0.2, -0.15) is 0 Å². The summed E-state index contributed by atoms with van der Waals surface area (Å²) < 4.78 is 11.1. The predicted octanol–water partition coefficient (Wildman–Crippen LogP) is 3.05. The molecule has 1 atom stereocenters. The zero-order valence-electron chi connectivity index (χ0n) is 12.0. The van der Waals surface area contributed by atoms with Crippen LogP contribution in [0.2, 0.25) is 0 Å². The minimum Gasteiger partial charge on any atom is -0.381 e. The van der Waals surface area contributed by atoms with E-state index in [9.17, 15) is 0 Å². The summed E-state index contributed by atoms with van der Waals surface area (Å²) in [6.07, 6.45) is 1.15. The molecule has 19 heavy (non-hydrogen) atoms. The van der Waals surface area contributed by atoms with Crippen molar-refractivity contribution in [1.82, 2.24) is 5.32 Å². The van der Waals surface area contributed by atoms with Gasteiger partial charge in [0, 0.05) is 28.8 Å². The highest BCUT2D eigenvalue weighted by Gasteiger charge is 2.15. The highest BCUT2D eigenvalue weighted by Crippen LogP contribution is 2.19. The standard InChI is InChI=1S/C15H25NO2S/c1-12(2)7-16-8-14-3-4-15(19-14)11-18-10-13-5-6-17-9-13/h3-4,12-13,16H,5-11H2,1-2H3. The molecule has 1 aromatic heterocycles. The lowest BCUT2D eigenvalue weighted by Crippen LogP contribution is -2.18. The topological polar surface area (TPSA) is 30.5 Å². The zero-order chi connectivity index (χ0) is 13.5. The van der Waals surface area contributed by atoms with Crippen molar-refractivity contribution in [3.05, 3.63) is 21.9 Å². The van der Waals surface area contributed by atoms with Gasteiger partial charge in [-0.15, -0.1) is 11.3 Å². The third kappa shape index (κ3) is 5.61. The molecule has 0 bridgehead atoms. The molecule has 1 aliphatic rings. The van der Waals surface area contributed by atoms with E-state index in [1.807, 2.05) is 11.3 Å². The van der Waals surface area contributed by atoms with Crippen molar-refractivity contribution in [3.8, 4) is 0 Å². The summed E-state index contributed by atoms with van der Waals surface area (Å²) in [5.41, 5.74) is 0. The summed E-state index contributed by atoms with van der Waals surface area (Å²) in [6, 6.07) is 4.39. The number of nitrogens with one attached hydrogen (secondary N) is 1. The molecule has 1 aromatic rings. The molecular weight excluding hydrogens is 258 g/mol. The predicted molar refractivity (Wildman–Crippen MR) is 79.4 cm³/mol. The average Bonchev–Trinajstić information content (AvgIpc) is 3.00. The molecule has 1 saturated heterocycles. The quantitative estimate of drug-likeness (QED) is 0.795. The van der Waals surface area contributed by atoms with E-state index in [-0.39, 0.29) is 0 Å². The van der Waals surface area contributed by atoms with Crippen LogP contribution < -0.4 is 5.32 Å². The molecule has 3 nitrogen and oxygen atoms in total. The first-order valence-corrected chi connectivity index (χ1v) is 7.99. The maximum atomic E-state index is 5.77. The molecule has 4 heteroatoms. The first-order chi connectivity index (χ1) is 9.24. The van der Waals surface area contributed by atoms with Crippen molar-refractivity contribution < 1.29 is 9.47 Å². The van der Waals surface area contributed by atoms with Gasteiger partial charge in [0.15, 0.2) is 0 Å². The van der Waals surface area contributed by atoms with Gasteiger partial charge in [-0.1, -0.05) is 13.8 Å². The average molecular weight is 283 g/mol. The Morgan fingerprint density at radius 3 is 3.00 bits per heavy atom. The summed E-state index contributed by atoms with van der Waals surface area (Å²) in [5, 5.41) is 3.47. The van der Waals surface area contributed by atoms with Crippen molar-refractivity contribution in [2.24, 2.45) is 11.8 Å². The molecule has 108 valence electrons. The summed E-state index contributed by atoms with van der Waals surface area (Å²) in [4.78, 5) is 2.71. The number of rotatable bonds is 8. The van der Waals surface area contributed by atoms with Crippen LogP contribution in [-0.2, 0) is 22.6 Å². The lowest BCUT2D eigenvalue weighted by molar-refractivity contribution is 0.0806. The van der Waals surface area contributed by atoms with E-state index >= 15 is 0 Å². The van der Waals surface area contributed by atoms with Crippen molar-refractivity contribution in [1.29, 1.82) is 0 Å². The van der Waals surface area contributed by atoms with Crippen molar-refractivity contribution in [2.75, 3.05) is 26.4 Å². The van der Waals surface area contributed by atoms with E-state index in [0.717, 1.165) is 45.9 Å². The van der Waals surface area contributed by atoms with Crippen LogP contribution in [0.25, 0.3) is 0 Å². The summed E-state index contributed by atoms with van der Waals surface area (Å²) in [5.74, 6) is 1.31. The third-order valence-electron chi connectivity index (χ3n) is 3.19. The number of hydrogen-bond donors (Lipinski definition) is 1. The zero-order valence-corrected chi connectivity index (χ0v) is 12.8. The molecule has 0 saturated carbocycles. The Morgan fingerprint density at radius 2 is 2.26 bits per heavy atom. The maximum absolute atomic E-state index is 5.77. The molecule has 2 rings (SSSR count). The van der Waals surface area contributed by atoms with Crippen LogP contribution in [0.4, 0.5) is 0 Å². The van der Waals surface area contributed by atoms with E-state index in [2.05, 4.69) is 31.3 Å². The maximum Gasteiger partial charge on any atom is 0.0809 e. The van der Waals surface area contributed by atoms with Gasteiger partial charge in [0.25, 0.3) is 0 Å². The summed E-state index contributed by atoms with van der Waals surface area (Å²) >= 11 is 1.85. The number of hydrogen-bond acceptors (Lipinski definition) is 4. The van der Waals surface area contributed by atoms with Crippen LogP contribution >= 0.6 is 11.3 Å². The van der Waals surface area contributed by atoms with E-state index in [0.29, 0.717) is 11.8 Å². The molecule has 0 spiro atoms. The van der Waals surface area contributed by atoms with Gasteiger partial charge >= 0.3 is 0 Å². The molecule has 1 aliphatic heterocycles. The SMILES string of the molecule is CC(C)CNCc1ccc(COCC2CCOC2)s1. The monoisotopic (exact) mass is 283 g/mol. The molecule has 2 heterocycles. The fourth-order valence-corrected chi connectivity index (χ4v) is 3.05. The number of ether oxygens (including phenoxy) is 2. The lowest BCUT2D eigenvalue weighted by Gasteiger charge is -2.07. The van der Waals surface area contributed by atoms with E-state index in [1.165, 1.54) is 9.75 Å². The van der Waals surface area contributed by atoms with E-state index in [4.69, 9.17) is 9.47 Å². The van der Waals surface area contributed by atoms with Gasteiger partial charge in [-0.25, -0.2) is 0 Å². The second kappa shape index (κ2) is 8.00. The van der Waals surface area contributed by atoms with Crippen molar-refractivity contribution in [2.45, 2.75) is 33.4 Å². The molecule has 0 amide bonds. The van der Waals surface area contributed by atoms with Gasteiger partial charge in [0.2, 0.25) is 0 Å². The van der Waals surface area contributed by atoms with Crippen LogP contribution in [-0.4, -0.2) is 26.4 Å². The van der Waals surface area contributed by atoms with Crippen LogP contribution in [0.15, 0.2) is 12.1 Å². The van der Waals surface area contributed by atoms with Crippen LogP contribution in [0.5, 0.6) is 0 Å². The van der Waals surface area contributed by atoms with Gasteiger partial charge in [0.05, 0.1) is 19.8 Å². The van der Waals surface area contributed by atoms with Crippen molar-refractivity contribution in [3.63, 3.8) is 0 Å².